The second-order valence-corrected chi connectivity index (χ2v) is 11.2. The Kier molecular flexibility index (Phi) is 8.21. The van der Waals surface area contributed by atoms with Crippen LogP contribution in [0.4, 0.5) is 5.69 Å². The molecule has 0 atom stereocenters. The predicted octanol–water partition coefficient (Wildman–Crippen LogP) is 4.70. The molecule has 11 nitrogen and oxygen atoms in total. The number of thioether (sulfide) groups is 2. The molecule has 198 valence electrons. The van der Waals surface area contributed by atoms with Crippen LogP contribution in [0.3, 0.4) is 0 Å². The van der Waals surface area contributed by atoms with E-state index in [0.29, 0.717) is 31.0 Å². The van der Waals surface area contributed by atoms with E-state index in [1.165, 1.54) is 30.2 Å². The minimum absolute atomic E-state index is 0.0170. The number of rotatable bonds is 9. The summed E-state index contributed by atoms with van der Waals surface area (Å²) in [4.78, 5) is 44.4. The van der Waals surface area contributed by atoms with Crippen molar-refractivity contribution in [2.75, 3.05) is 18.2 Å². The fourth-order valence-electron chi connectivity index (χ4n) is 3.45. The molecule has 0 radical (unpaired) electrons. The van der Waals surface area contributed by atoms with Gasteiger partial charge in [0.05, 0.1) is 29.9 Å². The molecule has 0 unspecified atom stereocenters. The van der Waals surface area contributed by atoms with Gasteiger partial charge < -0.3 is 19.5 Å². The zero-order valence-electron chi connectivity index (χ0n) is 20.1. The number of anilines is 1. The summed E-state index contributed by atoms with van der Waals surface area (Å²) in [6.07, 6.45) is 0. The molecule has 0 aliphatic carbocycles. The maximum absolute atomic E-state index is 12.7. The van der Waals surface area contributed by atoms with Crippen molar-refractivity contribution in [3.63, 3.8) is 0 Å². The molecule has 3 aromatic heterocycles. The maximum atomic E-state index is 12.7. The number of hydrogen-bond donors (Lipinski definition) is 2. The van der Waals surface area contributed by atoms with E-state index in [-0.39, 0.29) is 33.8 Å². The van der Waals surface area contributed by atoms with Crippen molar-refractivity contribution < 1.29 is 18.7 Å². The number of H-pyrrole nitrogens is 1. The summed E-state index contributed by atoms with van der Waals surface area (Å²) in [5.74, 6) is -0.379. The Morgan fingerprint density at radius 2 is 1.90 bits per heavy atom. The van der Waals surface area contributed by atoms with E-state index in [1.54, 1.807) is 28.8 Å². The number of esters is 1. The van der Waals surface area contributed by atoms with E-state index >= 15 is 0 Å². The Balaban J connectivity index is 1.22. The second-order valence-electron chi connectivity index (χ2n) is 7.69. The lowest BCUT2D eigenvalue weighted by Crippen LogP contribution is -2.17. The highest BCUT2D eigenvalue weighted by molar-refractivity contribution is 7.99. The van der Waals surface area contributed by atoms with E-state index in [9.17, 15) is 14.4 Å². The third-order valence-electron chi connectivity index (χ3n) is 5.15. The highest BCUT2D eigenvalue weighted by Gasteiger charge is 2.17. The minimum Gasteiger partial charge on any atom is -0.465 e. The highest BCUT2D eigenvalue weighted by Crippen LogP contribution is 2.26. The molecule has 3 heterocycles. The van der Waals surface area contributed by atoms with Crippen LogP contribution >= 0.6 is 47.1 Å². The van der Waals surface area contributed by atoms with Gasteiger partial charge in [-0.15, -0.1) is 10.2 Å². The fourth-order valence-corrected chi connectivity index (χ4v) is 5.99. The number of nitrogens with zero attached hydrogens (tertiary/aromatic N) is 4. The SMILES string of the molecule is COC(=O)c1ccccc1NC(=O)CSc1nnc(CSc2nc3c(sc(=S)n3-c3ccccc3)c(=O)[nH]2)o1. The largest absolute Gasteiger partial charge is 0.465 e. The molecule has 15 heteroatoms. The summed E-state index contributed by atoms with van der Waals surface area (Å²) in [5, 5.41) is 11.2. The number of carbonyl (C=O) groups is 2. The summed E-state index contributed by atoms with van der Waals surface area (Å²) < 4.78 is 13.1. The summed E-state index contributed by atoms with van der Waals surface area (Å²) in [6.45, 7) is 0. The molecule has 2 aromatic carbocycles. The van der Waals surface area contributed by atoms with Crippen LogP contribution in [-0.2, 0) is 15.3 Å². The number of ether oxygens (including phenoxy) is 1. The number of thiazole rings is 1. The van der Waals surface area contributed by atoms with Gasteiger partial charge in [0.15, 0.2) is 14.8 Å². The quantitative estimate of drug-likeness (QED) is 0.105. The number of methoxy groups -OCH3 is 1. The molecule has 0 bridgehead atoms. The molecular weight excluding hydrogens is 581 g/mol. The molecule has 2 N–H and O–H groups in total. The number of aromatic nitrogens is 5. The zero-order valence-corrected chi connectivity index (χ0v) is 23.3. The van der Waals surface area contributed by atoms with Crippen LogP contribution in [-0.4, -0.2) is 49.5 Å². The minimum atomic E-state index is -0.550. The van der Waals surface area contributed by atoms with Crippen LogP contribution in [0.5, 0.6) is 0 Å². The predicted molar refractivity (Wildman–Crippen MR) is 151 cm³/mol. The Hall–Kier alpha value is -3.79. The third kappa shape index (κ3) is 6.11. The first-order valence-electron chi connectivity index (χ1n) is 11.2. The maximum Gasteiger partial charge on any atom is 0.339 e. The lowest BCUT2D eigenvalue weighted by molar-refractivity contribution is -0.113. The van der Waals surface area contributed by atoms with Gasteiger partial charge in [-0.3, -0.25) is 14.2 Å². The van der Waals surface area contributed by atoms with Crippen molar-refractivity contribution in [1.29, 1.82) is 0 Å². The number of fused-ring (bicyclic) bond motifs is 1. The van der Waals surface area contributed by atoms with Crippen LogP contribution < -0.4 is 10.9 Å². The Labute approximate surface area is 238 Å². The summed E-state index contributed by atoms with van der Waals surface area (Å²) >= 11 is 8.96. The number of nitrogens with one attached hydrogen (secondary N) is 2. The lowest BCUT2D eigenvalue weighted by Gasteiger charge is -2.08. The van der Waals surface area contributed by atoms with E-state index in [4.69, 9.17) is 21.4 Å². The van der Waals surface area contributed by atoms with Crippen LogP contribution in [0.15, 0.2) is 74.2 Å². The number of hydrogen-bond acceptors (Lipinski definition) is 12. The molecule has 39 heavy (non-hydrogen) atoms. The van der Waals surface area contributed by atoms with Gasteiger partial charge in [0, 0.05) is 5.69 Å². The average molecular weight is 599 g/mol. The first kappa shape index (κ1) is 26.8. The third-order valence-corrected chi connectivity index (χ3v) is 8.19. The van der Waals surface area contributed by atoms with Crippen LogP contribution in [0.25, 0.3) is 16.0 Å². The number of benzene rings is 2. The van der Waals surface area contributed by atoms with Gasteiger partial charge in [-0.1, -0.05) is 65.2 Å². The van der Waals surface area contributed by atoms with E-state index in [2.05, 4.69) is 25.5 Å². The first-order chi connectivity index (χ1) is 18.9. The standard InChI is InChI=1S/C24H18N6O5S4/c1-34-21(33)14-9-5-6-10-15(14)25-16(31)11-38-23-29-28-17(35-23)12-37-22-26-19-18(20(32)27-22)39-24(36)30(19)13-7-3-2-4-8-13/h2-10H,11-12H2,1H3,(H,25,31)(H,26,27,32). The Morgan fingerprint density at radius 3 is 2.69 bits per heavy atom. The molecule has 0 spiro atoms. The van der Waals surface area contributed by atoms with Gasteiger partial charge in [-0.2, -0.15) is 0 Å². The molecule has 0 fully saturated rings. The van der Waals surface area contributed by atoms with Crippen molar-refractivity contribution >= 4 is 75.0 Å². The monoisotopic (exact) mass is 598 g/mol. The Bertz CT molecular complexity index is 1780. The van der Waals surface area contributed by atoms with Crippen molar-refractivity contribution in [3.05, 3.63) is 80.4 Å². The van der Waals surface area contributed by atoms with Gasteiger partial charge in [0.25, 0.3) is 10.8 Å². The zero-order chi connectivity index (χ0) is 27.4. The number of para-hydroxylation sites is 2. The van der Waals surface area contributed by atoms with Crippen molar-refractivity contribution in [3.8, 4) is 5.69 Å². The van der Waals surface area contributed by atoms with Crippen LogP contribution in [0.1, 0.15) is 16.2 Å². The molecule has 5 aromatic rings. The number of amides is 1. The first-order valence-corrected chi connectivity index (χ1v) is 14.4. The molecule has 0 aliphatic rings. The molecule has 1 amide bonds. The van der Waals surface area contributed by atoms with Crippen molar-refractivity contribution in [1.82, 2.24) is 24.7 Å². The molecule has 5 rings (SSSR count). The fraction of sp³-hybridized carbons (Fsp3) is 0.125. The van der Waals surface area contributed by atoms with Gasteiger partial charge in [-0.05, 0) is 36.5 Å². The topological polar surface area (TPSA) is 145 Å². The van der Waals surface area contributed by atoms with Gasteiger partial charge in [0.2, 0.25) is 11.8 Å². The van der Waals surface area contributed by atoms with Gasteiger partial charge in [0.1, 0.15) is 4.70 Å². The van der Waals surface area contributed by atoms with E-state index in [1.807, 2.05) is 30.3 Å². The highest BCUT2D eigenvalue weighted by atomic mass is 32.2. The number of aromatic amines is 1. The lowest BCUT2D eigenvalue weighted by atomic mass is 10.2. The van der Waals surface area contributed by atoms with Crippen molar-refractivity contribution in [2.45, 2.75) is 16.1 Å². The molecule has 0 saturated carbocycles. The van der Waals surface area contributed by atoms with Crippen LogP contribution in [0.2, 0.25) is 0 Å². The summed E-state index contributed by atoms with van der Waals surface area (Å²) in [7, 11) is 1.27. The average Bonchev–Trinajstić information content (AvgIpc) is 3.55. The summed E-state index contributed by atoms with van der Waals surface area (Å²) in [6, 6.07) is 16.0. The number of carbonyl (C=O) groups excluding carboxylic acids is 2. The second kappa shape index (κ2) is 11.9. The van der Waals surface area contributed by atoms with Gasteiger partial charge >= 0.3 is 5.97 Å². The normalized spacial score (nSPS) is 11.0. The molecule has 0 aliphatic heterocycles. The van der Waals surface area contributed by atoms with Gasteiger partial charge in [-0.25, -0.2) is 9.78 Å². The van der Waals surface area contributed by atoms with Crippen molar-refractivity contribution in [2.24, 2.45) is 0 Å². The Morgan fingerprint density at radius 1 is 1.13 bits per heavy atom. The molecule has 0 saturated heterocycles. The smallest absolute Gasteiger partial charge is 0.339 e. The molecular formula is C24H18N6O5S4. The van der Waals surface area contributed by atoms with E-state index in [0.717, 1.165) is 17.4 Å². The van der Waals surface area contributed by atoms with E-state index < -0.39 is 5.97 Å². The van der Waals surface area contributed by atoms with Crippen LogP contribution in [0, 0.1) is 3.95 Å². The summed E-state index contributed by atoms with van der Waals surface area (Å²) in [5.41, 5.74) is 1.61.